The average Bonchev–Trinajstić information content (AvgIpc) is 2.47. The van der Waals surface area contributed by atoms with Gasteiger partial charge in [-0.2, -0.15) is 8.78 Å². The quantitative estimate of drug-likeness (QED) is 0.919. The molecule has 5 heteroatoms. The second-order valence-corrected chi connectivity index (χ2v) is 4.81. The largest absolute Gasteiger partial charge is 0.322 e. The third kappa shape index (κ3) is 3.62. The van der Waals surface area contributed by atoms with Crippen molar-refractivity contribution in [3.05, 3.63) is 59.4 Å². The molecule has 0 atom stereocenters. The fourth-order valence-electron chi connectivity index (χ4n) is 1.88. The van der Waals surface area contributed by atoms with Gasteiger partial charge in [-0.15, -0.1) is 0 Å². The number of rotatable bonds is 4. The maximum Gasteiger partial charge on any atom is 0.289 e. The summed E-state index contributed by atoms with van der Waals surface area (Å²) in [6.07, 6.45) is 0.868. The Labute approximate surface area is 122 Å². The highest BCUT2D eigenvalue weighted by Gasteiger charge is 2.31. The molecule has 2 aromatic rings. The van der Waals surface area contributed by atoms with Gasteiger partial charge in [-0.05, 0) is 36.8 Å². The molecule has 0 bridgehead atoms. The van der Waals surface area contributed by atoms with Gasteiger partial charge in [0.15, 0.2) is 0 Å². The van der Waals surface area contributed by atoms with Gasteiger partial charge in [-0.3, -0.25) is 9.78 Å². The van der Waals surface area contributed by atoms with E-state index in [4.69, 9.17) is 0 Å². The molecule has 1 N–H and O–H groups in total. The van der Waals surface area contributed by atoms with Crippen LogP contribution in [0.15, 0.2) is 42.6 Å². The van der Waals surface area contributed by atoms with Crippen molar-refractivity contribution in [3.8, 4) is 0 Å². The van der Waals surface area contributed by atoms with Gasteiger partial charge in [0.25, 0.3) is 11.8 Å². The van der Waals surface area contributed by atoms with Crippen molar-refractivity contribution in [1.29, 1.82) is 0 Å². The molecule has 2 rings (SSSR count). The highest BCUT2D eigenvalue weighted by molar-refractivity contribution is 6.04. The van der Waals surface area contributed by atoms with Gasteiger partial charge in [0.1, 0.15) is 5.69 Å². The summed E-state index contributed by atoms with van der Waals surface area (Å²) in [5.41, 5.74) is 1.40. The molecule has 0 aliphatic carbocycles. The smallest absolute Gasteiger partial charge is 0.289 e. The van der Waals surface area contributed by atoms with E-state index < -0.39 is 11.8 Å². The fourth-order valence-corrected chi connectivity index (χ4v) is 1.88. The lowest BCUT2D eigenvalue weighted by Gasteiger charge is -2.14. The zero-order chi connectivity index (χ0) is 15.5. The lowest BCUT2D eigenvalue weighted by Crippen LogP contribution is -2.17. The molecular formula is C16H16F2N2O. The summed E-state index contributed by atoms with van der Waals surface area (Å²) in [6, 6.07) is 9.82. The van der Waals surface area contributed by atoms with Gasteiger partial charge in [0.05, 0.1) is 0 Å². The van der Waals surface area contributed by atoms with E-state index in [1.165, 1.54) is 19.2 Å². The first-order chi connectivity index (χ1) is 9.92. The van der Waals surface area contributed by atoms with E-state index in [1.807, 2.05) is 19.1 Å². The number of halogens is 2. The Morgan fingerprint density at radius 1 is 1.29 bits per heavy atom. The Bertz CT molecular complexity index is 656. The number of aryl methyl sites for hydroxylation is 1. The van der Waals surface area contributed by atoms with Crippen molar-refractivity contribution in [2.75, 3.05) is 5.32 Å². The molecule has 0 saturated heterocycles. The number of pyridine rings is 1. The van der Waals surface area contributed by atoms with Gasteiger partial charge in [-0.1, -0.05) is 19.1 Å². The van der Waals surface area contributed by atoms with Crippen LogP contribution in [0.1, 0.15) is 35.0 Å². The van der Waals surface area contributed by atoms with Crippen LogP contribution in [0.4, 0.5) is 14.5 Å². The summed E-state index contributed by atoms with van der Waals surface area (Å²) in [7, 11) is 0. The molecule has 110 valence electrons. The molecule has 21 heavy (non-hydrogen) atoms. The Morgan fingerprint density at radius 2 is 2.05 bits per heavy atom. The molecule has 3 nitrogen and oxygen atoms in total. The van der Waals surface area contributed by atoms with Crippen molar-refractivity contribution in [1.82, 2.24) is 4.98 Å². The fraction of sp³-hybridized carbons (Fsp3) is 0.250. The number of hydrogen-bond donors (Lipinski definition) is 1. The molecule has 1 heterocycles. The number of nitrogens with zero attached hydrogens (tertiary/aromatic N) is 1. The van der Waals surface area contributed by atoms with Crippen LogP contribution in [-0.4, -0.2) is 10.9 Å². The summed E-state index contributed by atoms with van der Waals surface area (Å²) in [5.74, 6) is -3.46. The minimum absolute atomic E-state index is 0.162. The van der Waals surface area contributed by atoms with Crippen molar-refractivity contribution in [3.63, 3.8) is 0 Å². The number of benzene rings is 1. The zero-order valence-electron chi connectivity index (χ0n) is 11.9. The maximum absolute atomic E-state index is 13.6. The summed E-state index contributed by atoms with van der Waals surface area (Å²) in [4.78, 5) is 15.8. The van der Waals surface area contributed by atoms with E-state index in [9.17, 15) is 13.6 Å². The summed E-state index contributed by atoms with van der Waals surface area (Å²) in [5, 5.41) is 2.68. The number of aromatic nitrogens is 1. The number of hydrogen-bond acceptors (Lipinski definition) is 2. The van der Waals surface area contributed by atoms with E-state index in [1.54, 1.807) is 12.1 Å². The van der Waals surface area contributed by atoms with Gasteiger partial charge >= 0.3 is 0 Å². The number of carbonyl (C=O) groups excluding carboxylic acids is 1. The third-order valence-electron chi connectivity index (χ3n) is 3.12. The predicted octanol–water partition coefficient (Wildman–Crippen LogP) is 4.14. The van der Waals surface area contributed by atoms with E-state index in [0.29, 0.717) is 5.69 Å². The minimum Gasteiger partial charge on any atom is -0.322 e. The molecule has 0 unspecified atom stereocenters. The molecule has 0 saturated carbocycles. The van der Waals surface area contributed by atoms with Crippen LogP contribution in [0.5, 0.6) is 0 Å². The predicted molar refractivity (Wildman–Crippen MR) is 77.6 cm³/mol. The Kier molecular flexibility index (Phi) is 4.31. The number of anilines is 1. The molecule has 1 aromatic carbocycles. The van der Waals surface area contributed by atoms with Gasteiger partial charge in [-0.25, -0.2) is 0 Å². The SMILES string of the molecule is CCC(F)(F)c1cc(C(=O)Nc2cccc(C)c2)ccn1. The molecule has 0 radical (unpaired) electrons. The summed E-state index contributed by atoms with van der Waals surface area (Å²) < 4.78 is 27.2. The van der Waals surface area contributed by atoms with Crippen molar-refractivity contribution in [2.24, 2.45) is 0 Å². The molecule has 0 aliphatic heterocycles. The first kappa shape index (κ1) is 15.1. The summed E-state index contributed by atoms with van der Waals surface area (Å²) >= 11 is 0. The number of amides is 1. The topological polar surface area (TPSA) is 42.0 Å². The number of nitrogens with one attached hydrogen (secondary N) is 1. The second kappa shape index (κ2) is 5.99. The van der Waals surface area contributed by atoms with E-state index in [0.717, 1.165) is 11.6 Å². The zero-order valence-corrected chi connectivity index (χ0v) is 11.9. The van der Waals surface area contributed by atoms with Crippen LogP contribution >= 0.6 is 0 Å². The van der Waals surface area contributed by atoms with Crippen molar-refractivity contribution < 1.29 is 13.6 Å². The maximum atomic E-state index is 13.6. The lowest BCUT2D eigenvalue weighted by molar-refractivity contribution is -0.0128. The molecular weight excluding hydrogens is 274 g/mol. The highest BCUT2D eigenvalue weighted by atomic mass is 19.3. The monoisotopic (exact) mass is 290 g/mol. The number of alkyl halides is 2. The molecule has 0 spiro atoms. The number of carbonyl (C=O) groups is 1. The van der Waals surface area contributed by atoms with Gasteiger partial charge in [0.2, 0.25) is 0 Å². The first-order valence-corrected chi connectivity index (χ1v) is 6.65. The molecule has 1 aromatic heterocycles. The van der Waals surface area contributed by atoms with E-state index in [-0.39, 0.29) is 17.7 Å². The van der Waals surface area contributed by atoms with E-state index >= 15 is 0 Å². The second-order valence-electron chi connectivity index (χ2n) is 4.81. The van der Waals surface area contributed by atoms with E-state index in [2.05, 4.69) is 10.3 Å². The van der Waals surface area contributed by atoms with Crippen molar-refractivity contribution >= 4 is 11.6 Å². The molecule has 0 aliphatic rings. The van der Waals surface area contributed by atoms with Crippen LogP contribution in [0.25, 0.3) is 0 Å². The lowest BCUT2D eigenvalue weighted by atomic mass is 10.1. The summed E-state index contributed by atoms with van der Waals surface area (Å²) in [6.45, 7) is 3.28. The van der Waals surface area contributed by atoms with Crippen LogP contribution in [-0.2, 0) is 5.92 Å². The van der Waals surface area contributed by atoms with Crippen LogP contribution in [0, 0.1) is 6.92 Å². The van der Waals surface area contributed by atoms with Crippen LogP contribution in [0.3, 0.4) is 0 Å². The molecule has 1 amide bonds. The standard InChI is InChI=1S/C16H16F2N2O/c1-3-16(17,18)14-10-12(7-8-19-14)15(21)20-13-6-4-5-11(2)9-13/h4-10H,3H2,1-2H3,(H,20,21). The normalized spacial score (nSPS) is 11.2. The Balaban J connectivity index is 2.22. The van der Waals surface area contributed by atoms with Gasteiger partial charge < -0.3 is 5.32 Å². The Hall–Kier alpha value is -2.30. The molecule has 0 fully saturated rings. The minimum atomic E-state index is -3.03. The van der Waals surface area contributed by atoms with Gasteiger partial charge in [0, 0.05) is 23.9 Å². The Morgan fingerprint density at radius 3 is 2.71 bits per heavy atom. The first-order valence-electron chi connectivity index (χ1n) is 6.65. The van der Waals surface area contributed by atoms with Crippen LogP contribution < -0.4 is 5.32 Å². The highest BCUT2D eigenvalue weighted by Crippen LogP contribution is 2.30. The average molecular weight is 290 g/mol. The third-order valence-corrected chi connectivity index (χ3v) is 3.12. The van der Waals surface area contributed by atoms with Crippen molar-refractivity contribution in [2.45, 2.75) is 26.2 Å². The van der Waals surface area contributed by atoms with Crippen LogP contribution in [0.2, 0.25) is 0 Å².